The van der Waals surface area contributed by atoms with E-state index in [9.17, 15) is 9.59 Å². The maximum atomic E-state index is 12.6. The fraction of sp³-hybridized carbons (Fsp3) is 0.217. The van der Waals surface area contributed by atoms with Gasteiger partial charge in [-0.25, -0.2) is 4.98 Å². The highest BCUT2D eigenvalue weighted by atomic mass is 35.5. The molecule has 1 aliphatic heterocycles. The van der Waals surface area contributed by atoms with E-state index in [1.807, 2.05) is 53.2 Å². The largest absolute Gasteiger partial charge is 0.302 e. The van der Waals surface area contributed by atoms with E-state index in [2.05, 4.69) is 10.3 Å². The van der Waals surface area contributed by atoms with E-state index in [4.69, 9.17) is 23.8 Å². The van der Waals surface area contributed by atoms with Crippen LogP contribution in [0.2, 0.25) is 5.02 Å². The lowest BCUT2D eigenvalue weighted by Crippen LogP contribution is -2.29. The summed E-state index contributed by atoms with van der Waals surface area (Å²) in [4.78, 5) is 32.7. The van der Waals surface area contributed by atoms with E-state index in [1.165, 1.54) is 23.1 Å². The third-order valence-electron chi connectivity index (χ3n) is 4.87. The van der Waals surface area contributed by atoms with Gasteiger partial charge in [-0.2, -0.15) is 0 Å². The van der Waals surface area contributed by atoms with E-state index in [1.54, 1.807) is 16.2 Å². The Morgan fingerprint density at radius 2 is 1.97 bits per heavy atom. The Labute approximate surface area is 214 Å². The number of hydrogen-bond acceptors (Lipinski definition) is 7. The smallest absolute Gasteiger partial charge is 0.266 e. The average Bonchev–Trinajstić information content (AvgIpc) is 3.52. The Balaban J connectivity index is 1.18. The highest BCUT2D eigenvalue weighted by Crippen LogP contribution is 2.33. The topological polar surface area (TPSA) is 62.3 Å². The highest BCUT2D eigenvalue weighted by Gasteiger charge is 2.31. The van der Waals surface area contributed by atoms with Crippen LogP contribution in [0.5, 0.6) is 0 Å². The number of nitrogens with zero attached hydrogens (tertiary/aromatic N) is 2. The summed E-state index contributed by atoms with van der Waals surface area (Å²) in [5.41, 5.74) is 1.76. The molecule has 0 atom stereocenters. The summed E-state index contributed by atoms with van der Waals surface area (Å²) in [5, 5.41) is 8.01. The van der Waals surface area contributed by atoms with Crippen LogP contribution in [-0.4, -0.2) is 32.6 Å². The number of thioether (sulfide) groups is 1. The van der Waals surface area contributed by atoms with Crippen molar-refractivity contribution in [1.82, 2.24) is 9.88 Å². The van der Waals surface area contributed by atoms with Crippen molar-refractivity contribution in [2.75, 3.05) is 11.9 Å². The van der Waals surface area contributed by atoms with Crippen molar-refractivity contribution in [3.8, 4) is 11.3 Å². The number of hydrogen-bond donors (Lipinski definition) is 1. The molecule has 0 saturated carbocycles. The van der Waals surface area contributed by atoms with Crippen molar-refractivity contribution in [2.45, 2.75) is 25.7 Å². The lowest BCUT2D eigenvalue weighted by atomic mass is 10.2. The van der Waals surface area contributed by atoms with Crippen molar-refractivity contribution >= 4 is 85.6 Å². The second-order valence-electron chi connectivity index (χ2n) is 7.25. The molecule has 0 spiro atoms. The van der Waals surface area contributed by atoms with Gasteiger partial charge < -0.3 is 5.32 Å². The van der Waals surface area contributed by atoms with Gasteiger partial charge in [0.05, 0.1) is 10.6 Å². The van der Waals surface area contributed by atoms with Gasteiger partial charge in [0.1, 0.15) is 4.32 Å². The van der Waals surface area contributed by atoms with Gasteiger partial charge in [-0.05, 0) is 42.5 Å². The van der Waals surface area contributed by atoms with Crippen molar-refractivity contribution in [1.29, 1.82) is 0 Å². The number of rotatable bonds is 9. The van der Waals surface area contributed by atoms with Crippen LogP contribution in [0, 0.1) is 0 Å². The second-order valence-corrected chi connectivity index (χ2v) is 11.2. The van der Waals surface area contributed by atoms with Crippen molar-refractivity contribution < 1.29 is 9.59 Å². The molecule has 1 saturated heterocycles. The molecule has 0 bridgehead atoms. The monoisotopic (exact) mass is 533 g/mol. The SMILES string of the molecule is O=C(CCCCCN1C(=O)C(=Cc2cccs2)SC1=S)Nc1nc(-c2ccc(Cl)cc2)cs1. The standard InChI is InChI=1S/C23H20ClN3O2S4/c24-16-9-7-15(8-10-16)18-14-32-22(25-18)26-20(28)6-2-1-3-11-27-21(29)19(33-23(27)30)13-17-5-4-12-31-17/h4-5,7-10,12-14H,1-3,6,11H2,(H,25,26,28). The summed E-state index contributed by atoms with van der Waals surface area (Å²) in [6, 6.07) is 11.4. The van der Waals surface area contributed by atoms with Crippen LogP contribution < -0.4 is 5.32 Å². The lowest BCUT2D eigenvalue weighted by molar-refractivity contribution is -0.122. The highest BCUT2D eigenvalue weighted by molar-refractivity contribution is 8.26. The molecule has 5 nitrogen and oxygen atoms in total. The Morgan fingerprint density at radius 3 is 2.73 bits per heavy atom. The summed E-state index contributed by atoms with van der Waals surface area (Å²) in [7, 11) is 0. The number of halogens is 1. The molecule has 3 aromatic rings. The summed E-state index contributed by atoms with van der Waals surface area (Å²) < 4.78 is 0.598. The first-order chi connectivity index (χ1) is 16.0. The number of anilines is 1. The van der Waals surface area contributed by atoms with Gasteiger partial charge in [-0.3, -0.25) is 14.5 Å². The van der Waals surface area contributed by atoms with E-state index < -0.39 is 0 Å². The normalized spacial score (nSPS) is 14.9. The molecule has 1 N–H and O–H groups in total. The van der Waals surface area contributed by atoms with Gasteiger partial charge in [0, 0.05) is 33.8 Å². The summed E-state index contributed by atoms with van der Waals surface area (Å²) in [5.74, 6) is -0.0899. The number of thiocarbonyl (C=S) groups is 1. The van der Waals surface area contributed by atoms with Crippen LogP contribution in [0.15, 0.2) is 52.1 Å². The lowest BCUT2D eigenvalue weighted by Gasteiger charge is -2.13. The predicted octanol–water partition coefficient (Wildman–Crippen LogP) is 6.93. The zero-order valence-corrected chi connectivity index (χ0v) is 21.5. The van der Waals surface area contributed by atoms with Crippen LogP contribution in [0.3, 0.4) is 0 Å². The molecular weight excluding hydrogens is 514 g/mol. The van der Waals surface area contributed by atoms with Gasteiger partial charge in [0.2, 0.25) is 5.91 Å². The molecule has 0 radical (unpaired) electrons. The zero-order valence-electron chi connectivity index (χ0n) is 17.5. The summed E-state index contributed by atoms with van der Waals surface area (Å²) in [6.07, 6.45) is 4.67. The van der Waals surface area contributed by atoms with Gasteiger partial charge in [-0.15, -0.1) is 22.7 Å². The Bertz CT molecular complexity index is 1170. The Kier molecular flexibility index (Phi) is 8.32. The zero-order chi connectivity index (χ0) is 23.2. The summed E-state index contributed by atoms with van der Waals surface area (Å²) in [6.45, 7) is 0.574. The third-order valence-corrected chi connectivity index (χ3v) is 8.07. The average molecular weight is 534 g/mol. The van der Waals surface area contributed by atoms with E-state index in [0.29, 0.717) is 32.3 Å². The first kappa shape index (κ1) is 24.1. The number of thiophene rings is 1. The van der Waals surface area contributed by atoms with Gasteiger partial charge in [0.15, 0.2) is 5.13 Å². The fourth-order valence-corrected chi connectivity index (χ4v) is 6.09. The molecule has 33 heavy (non-hydrogen) atoms. The molecule has 4 rings (SSSR count). The number of carbonyl (C=O) groups excluding carboxylic acids is 2. The number of unbranched alkanes of at least 4 members (excludes halogenated alkanes) is 2. The minimum absolute atomic E-state index is 0.0311. The Morgan fingerprint density at radius 1 is 1.15 bits per heavy atom. The fourth-order valence-electron chi connectivity index (χ4n) is 3.19. The number of benzene rings is 1. The molecule has 1 fully saturated rings. The van der Waals surface area contributed by atoms with Crippen LogP contribution >= 0.6 is 58.3 Å². The second kappa shape index (κ2) is 11.4. The predicted molar refractivity (Wildman–Crippen MR) is 144 cm³/mol. The van der Waals surface area contributed by atoms with Gasteiger partial charge in [0.25, 0.3) is 5.91 Å². The number of thiazole rings is 1. The Hall–Kier alpha value is -2.04. The van der Waals surface area contributed by atoms with E-state index >= 15 is 0 Å². The van der Waals surface area contributed by atoms with E-state index in [-0.39, 0.29) is 11.8 Å². The van der Waals surface area contributed by atoms with Crippen molar-refractivity contribution in [3.63, 3.8) is 0 Å². The molecule has 0 unspecified atom stereocenters. The maximum Gasteiger partial charge on any atom is 0.266 e. The van der Waals surface area contributed by atoms with E-state index in [0.717, 1.165) is 35.4 Å². The molecule has 1 aromatic carbocycles. The first-order valence-electron chi connectivity index (χ1n) is 10.3. The van der Waals surface area contributed by atoms with Crippen molar-refractivity contribution in [3.05, 3.63) is 62.0 Å². The number of carbonyl (C=O) groups is 2. The minimum atomic E-state index is -0.0588. The molecular formula is C23H20ClN3O2S4. The van der Waals surface area contributed by atoms with Gasteiger partial charge >= 0.3 is 0 Å². The van der Waals surface area contributed by atoms with Gasteiger partial charge in [-0.1, -0.05) is 60.2 Å². The van der Waals surface area contributed by atoms with Crippen LogP contribution in [0.25, 0.3) is 17.3 Å². The maximum absolute atomic E-state index is 12.6. The molecule has 2 aromatic heterocycles. The van der Waals surface area contributed by atoms with Crippen LogP contribution in [-0.2, 0) is 9.59 Å². The number of nitrogens with one attached hydrogen (secondary N) is 1. The number of amides is 2. The number of aromatic nitrogens is 1. The molecule has 170 valence electrons. The first-order valence-corrected chi connectivity index (χ1v) is 13.7. The molecule has 0 aliphatic carbocycles. The molecule has 1 aliphatic rings. The minimum Gasteiger partial charge on any atom is -0.302 e. The molecule has 3 heterocycles. The molecule has 2 amide bonds. The van der Waals surface area contributed by atoms with Crippen LogP contribution in [0.4, 0.5) is 5.13 Å². The van der Waals surface area contributed by atoms with Crippen LogP contribution in [0.1, 0.15) is 30.6 Å². The molecule has 10 heteroatoms. The summed E-state index contributed by atoms with van der Waals surface area (Å²) >= 11 is 15.6. The quantitative estimate of drug-likeness (QED) is 0.184. The third kappa shape index (κ3) is 6.51. The van der Waals surface area contributed by atoms with Crippen molar-refractivity contribution in [2.24, 2.45) is 0 Å².